The number of tetrazole rings is 1. The molecule has 2 rings (SSSR count). The topological polar surface area (TPSA) is 74.3 Å². The molecule has 0 atom stereocenters. The van der Waals surface area contributed by atoms with Crippen molar-refractivity contribution >= 4 is 0 Å². The fourth-order valence-corrected chi connectivity index (χ4v) is 1.60. The van der Waals surface area contributed by atoms with Gasteiger partial charge in [0.1, 0.15) is 0 Å². The van der Waals surface area contributed by atoms with Crippen LogP contribution in [0.4, 0.5) is 0 Å². The third-order valence-electron chi connectivity index (χ3n) is 2.69. The Kier molecular flexibility index (Phi) is 2.92. The van der Waals surface area contributed by atoms with Crippen LogP contribution in [-0.4, -0.2) is 35.2 Å². The van der Waals surface area contributed by atoms with Crippen LogP contribution in [0.15, 0.2) is 12.4 Å². The second-order valence-corrected chi connectivity index (χ2v) is 6.00. The molecule has 0 spiro atoms. The van der Waals surface area contributed by atoms with Gasteiger partial charge in [0.25, 0.3) is 0 Å². The van der Waals surface area contributed by atoms with Crippen LogP contribution in [0.5, 0.6) is 0 Å². The van der Waals surface area contributed by atoms with Gasteiger partial charge in [-0.05, 0) is 39.8 Å². The molecular weight excluding hydrogens is 230 g/mol. The van der Waals surface area contributed by atoms with Crippen LogP contribution in [0.3, 0.4) is 0 Å². The minimum Gasteiger partial charge on any atom is -0.247 e. The van der Waals surface area contributed by atoms with Crippen molar-refractivity contribution in [2.45, 2.75) is 52.1 Å². The van der Waals surface area contributed by atoms with Gasteiger partial charge >= 0.3 is 0 Å². The van der Waals surface area contributed by atoms with Gasteiger partial charge in [0, 0.05) is 12.6 Å². The Morgan fingerprint density at radius 2 is 1.83 bits per heavy atom. The molecule has 7 heteroatoms. The zero-order chi connectivity index (χ0) is 13.4. The van der Waals surface area contributed by atoms with E-state index in [0.29, 0.717) is 12.2 Å². The number of hydrogen-bond donors (Lipinski definition) is 0. The Bertz CT molecular complexity index is 504. The fraction of sp³-hybridized carbons (Fsp3) is 0.727. The molecule has 2 heterocycles. The molecule has 2 aromatic heterocycles. The largest absolute Gasteiger partial charge is 0.247 e. The predicted molar refractivity (Wildman–Crippen MR) is 65.9 cm³/mol. The molecule has 18 heavy (non-hydrogen) atoms. The smallest absolute Gasteiger partial charge is 0.177 e. The summed E-state index contributed by atoms with van der Waals surface area (Å²) in [5, 5.41) is 20.4. The van der Waals surface area contributed by atoms with Crippen molar-refractivity contribution in [2.75, 3.05) is 0 Å². The summed E-state index contributed by atoms with van der Waals surface area (Å²) < 4.78 is 1.81. The molecule has 0 saturated carbocycles. The maximum atomic E-state index is 4.41. The van der Waals surface area contributed by atoms with E-state index < -0.39 is 0 Å². The van der Waals surface area contributed by atoms with E-state index in [-0.39, 0.29) is 11.1 Å². The van der Waals surface area contributed by atoms with Crippen molar-refractivity contribution in [1.82, 2.24) is 35.2 Å². The van der Waals surface area contributed by atoms with Crippen LogP contribution in [0.25, 0.3) is 0 Å². The average molecular weight is 249 g/mol. The van der Waals surface area contributed by atoms with Crippen molar-refractivity contribution < 1.29 is 0 Å². The zero-order valence-electron chi connectivity index (χ0n) is 11.5. The van der Waals surface area contributed by atoms with Gasteiger partial charge in [-0.2, -0.15) is 4.80 Å². The van der Waals surface area contributed by atoms with E-state index in [1.54, 1.807) is 11.0 Å². The summed E-state index contributed by atoms with van der Waals surface area (Å²) in [7, 11) is 0. The molecule has 7 nitrogen and oxygen atoms in total. The van der Waals surface area contributed by atoms with Gasteiger partial charge in [-0.15, -0.1) is 15.3 Å². The average Bonchev–Trinajstić information content (AvgIpc) is 2.83. The van der Waals surface area contributed by atoms with Gasteiger partial charge in [-0.25, -0.2) is 4.68 Å². The molecule has 0 amide bonds. The molecule has 0 unspecified atom stereocenters. The van der Waals surface area contributed by atoms with Crippen LogP contribution in [0.2, 0.25) is 0 Å². The monoisotopic (exact) mass is 249 g/mol. The zero-order valence-corrected chi connectivity index (χ0v) is 11.5. The van der Waals surface area contributed by atoms with E-state index in [4.69, 9.17) is 0 Å². The maximum absolute atomic E-state index is 4.41. The summed E-state index contributed by atoms with van der Waals surface area (Å²) in [5.74, 6) is 0.713. The fourth-order valence-electron chi connectivity index (χ4n) is 1.60. The second kappa shape index (κ2) is 4.15. The lowest BCUT2D eigenvalue weighted by atomic mass is 10.0. The molecule has 0 bridgehead atoms. The quantitative estimate of drug-likeness (QED) is 0.811. The molecule has 0 aromatic carbocycles. The Morgan fingerprint density at radius 3 is 2.33 bits per heavy atom. The van der Waals surface area contributed by atoms with Gasteiger partial charge in [0.2, 0.25) is 0 Å². The highest BCUT2D eigenvalue weighted by molar-refractivity contribution is 4.91. The molecule has 0 N–H and O–H groups in total. The highest BCUT2D eigenvalue weighted by Crippen LogP contribution is 2.18. The number of nitrogens with zero attached hydrogens (tertiary/aromatic N) is 7. The molecule has 0 fully saturated rings. The minimum absolute atomic E-state index is 0.150. The highest BCUT2D eigenvalue weighted by Gasteiger charge is 2.25. The van der Waals surface area contributed by atoms with E-state index in [1.807, 2.05) is 31.6 Å². The summed E-state index contributed by atoms with van der Waals surface area (Å²) in [6.07, 6.45) is 4.17. The van der Waals surface area contributed by atoms with Gasteiger partial charge in [0.05, 0.1) is 17.3 Å². The first kappa shape index (κ1) is 12.7. The standard InChI is InChI=1S/C11H19N7/c1-10(2,3)18-14-9(13-16-18)8-11(4,5)17-7-6-12-15-17/h6-7H,8H2,1-5H3. The maximum Gasteiger partial charge on any atom is 0.177 e. The van der Waals surface area contributed by atoms with Gasteiger partial charge < -0.3 is 0 Å². The van der Waals surface area contributed by atoms with Crippen molar-refractivity contribution in [2.24, 2.45) is 0 Å². The molecule has 0 aliphatic carbocycles. The number of hydrogen-bond acceptors (Lipinski definition) is 5. The summed E-state index contributed by atoms with van der Waals surface area (Å²) >= 11 is 0. The lowest BCUT2D eigenvalue weighted by Gasteiger charge is -2.22. The van der Waals surface area contributed by atoms with Crippen molar-refractivity contribution in [3.05, 3.63) is 18.2 Å². The van der Waals surface area contributed by atoms with Crippen molar-refractivity contribution in [3.63, 3.8) is 0 Å². The summed E-state index contributed by atoms with van der Waals surface area (Å²) in [6, 6.07) is 0. The summed E-state index contributed by atoms with van der Waals surface area (Å²) in [6.45, 7) is 10.3. The van der Waals surface area contributed by atoms with Crippen LogP contribution in [0, 0.1) is 0 Å². The van der Waals surface area contributed by atoms with Crippen LogP contribution in [-0.2, 0) is 17.5 Å². The van der Waals surface area contributed by atoms with Crippen molar-refractivity contribution in [3.8, 4) is 0 Å². The number of aromatic nitrogens is 7. The lowest BCUT2D eigenvalue weighted by molar-refractivity contribution is 0.292. The van der Waals surface area contributed by atoms with E-state index in [9.17, 15) is 0 Å². The molecule has 0 saturated heterocycles. The van der Waals surface area contributed by atoms with Crippen LogP contribution >= 0.6 is 0 Å². The third-order valence-corrected chi connectivity index (χ3v) is 2.69. The Balaban J connectivity index is 2.17. The van der Waals surface area contributed by atoms with Gasteiger partial charge in [-0.1, -0.05) is 5.21 Å². The Hall–Kier alpha value is -1.79. The molecule has 0 radical (unpaired) electrons. The summed E-state index contributed by atoms with van der Waals surface area (Å²) in [5.41, 5.74) is -0.370. The normalized spacial score (nSPS) is 12.9. The first-order chi connectivity index (χ1) is 8.29. The lowest BCUT2D eigenvalue weighted by Crippen LogP contribution is -2.30. The summed E-state index contributed by atoms with van der Waals surface area (Å²) in [4.78, 5) is 1.64. The Labute approximate surface area is 106 Å². The van der Waals surface area contributed by atoms with E-state index in [0.717, 1.165) is 0 Å². The predicted octanol–water partition coefficient (Wildman–Crippen LogP) is 0.997. The second-order valence-electron chi connectivity index (χ2n) is 6.00. The van der Waals surface area contributed by atoms with E-state index in [2.05, 4.69) is 39.6 Å². The minimum atomic E-state index is -0.220. The van der Waals surface area contributed by atoms with Crippen LogP contribution < -0.4 is 0 Å². The Morgan fingerprint density at radius 1 is 1.11 bits per heavy atom. The first-order valence-corrected chi connectivity index (χ1v) is 5.95. The van der Waals surface area contributed by atoms with Gasteiger partial charge in [-0.3, -0.25) is 0 Å². The molecule has 98 valence electrons. The molecular formula is C11H19N7. The van der Waals surface area contributed by atoms with Gasteiger partial charge in [0.15, 0.2) is 5.82 Å². The van der Waals surface area contributed by atoms with Crippen molar-refractivity contribution in [1.29, 1.82) is 0 Å². The SMILES string of the molecule is CC(C)(C)n1nnc(CC(C)(C)n2ccnn2)n1. The number of rotatable bonds is 3. The molecule has 2 aromatic rings. The van der Waals surface area contributed by atoms with E-state index in [1.165, 1.54) is 0 Å². The third kappa shape index (κ3) is 2.55. The highest BCUT2D eigenvalue weighted by atomic mass is 15.6. The van der Waals surface area contributed by atoms with E-state index >= 15 is 0 Å². The van der Waals surface area contributed by atoms with Crippen LogP contribution in [0.1, 0.15) is 40.4 Å². The molecule has 0 aliphatic rings. The molecule has 0 aliphatic heterocycles. The first-order valence-electron chi connectivity index (χ1n) is 5.95.